The summed E-state index contributed by atoms with van der Waals surface area (Å²) in [5.74, 6) is 1.50. The van der Waals surface area contributed by atoms with Crippen LogP contribution in [0.4, 0.5) is 10.5 Å². The van der Waals surface area contributed by atoms with E-state index in [0.717, 1.165) is 23.6 Å². The van der Waals surface area contributed by atoms with Crippen molar-refractivity contribution >= 4 is 11.7 Å². The number of urea groups is 1. The van der Waals surface area contributed by atoms with Crippen LogP contribution in [-0.4, -0.2) is 12.6 Å². The highest BCUT2D eigenvalue weighted by Gasteiger charge is 2.03. The van der Waals surface area contributed by atoms with Crippen molar-refractivity contribution in [3.63, 3.8) is 0 Å². The zero-order valence-electron chi connectivity index (χ0n) is 14.7. The molecule has 0 aromatic heterocycles. The van der Waals surface area contributed by atoms with Crippen molar-refractivity contribution in [2.45, 2.75) is 13.3 Å². The number of hydrogen-bond donors (Lipinski definition) is 2. The number of hydrogen-bond acceptors (Lipinski definition) is 2. The second-order valence-corrected chi connectivity index (χ2v) is 6.00. The lowest BCUT2D eigenvalue weighted by Gasteiger charge is -2.10. The van der Waals surface area contributed by atoms with Crippen LogP contribution < -0.4 is 15.4 Å². The van der Waals surface area contributed by atoms with E-state index in [2.05, 4.69) is 29.7 Å². The average molecular weight is 346 g/mol. The number of para-hydroxylation sites is 1. The molecular formula is C22H22N2O2. The number of nitrogens with one attached hydrogen (secondary N) is 2. The molecule has 0 spiro atoms. The van der Waals surface area contributed by atoms with Gasteiger partial charge in [0, 0.05) is 12.2 Å². The van der Waals surface area contributed by atoms with Crippen molar-refractivity contribution in [2.75, 3.05) is 11.9 Å². The molecule has 0 fully saturated rings. The fourth-order valence-electron chi connectivity index (χ4n) is 2.61. The van der Waals surface area contributed by atoms with Crippen LogP contribution in [0.1, 0.15) is 11.1 Å². The number of benzene rings is 3. The number of anilines is 1. The smallest absolute Gasteiger partial charge is 0.319 e. The van der Waals surface area contributed by atoms with Gasteiger partial charge in [-0.3, -0.25) is 0 Å². The molecule has 2 N–H and O–H groups in total. The molecule has 26 heavy (non-hydrogen) atoms. The summed E-state index contributed by atoms with van der Waals surface area (Å²) in [5.41, 5.74) is 3.21. The molecule has 0 bridgehead atoms. The quantitative estimate of drug-likeness (QED) is 0.648. The van der Waals surface area contributed by atoms with Gasteiger partial charge in [-0.2, -0.15) is 0 Å². The highest BCUT2D eigenvalue weighted by Crippen LogP contribution is 2.22. The zero-order chi connectivity index (χ0) is 18.2. The standard InChI is InChI=1S/C22H22N2O2/c1-17-7-5-6-8-18(17)15-16-23-22(25)24-19-11-13-21(14-12-19)26-20-9-3-2-4-10-20/h2-14H,15-16H2,1H3,(H2,23,24,25). The molecule has 2 amide bonds. The number of carbonyl (C=O) groups is 1. The second kappa shape index (κ2) is 8.72. The molecule has 0 saturated heterocycles. The van der Waals surface area contributed by atoms with E-state index in [4.69, 9.17) is 4.74 Å². The molecule has 0 atom stereocenters. The summed E-state index contributed by atoms with van der Waals surface area (Å²) in [6.45, 7) is 2.67. The molecule has 3 rings (SSSR count). The maximum Gasteiger partial charge on any atom is 0.319 e. The van der Waals surface area contributed by atoms with Crippen LogP contribution >= 0.6 is 0 Å². The Morgan fingerprint density at radius 2 is 1.50 bits per heavy atom. The van der Waals surface area contributed by atoms with Crippen LogP contribution in [0.2, 0.25) is 0 Å². The summed E-state index contributed by atoms with van der Waals surface area (Å²) in [7, 11) is 0. The molecule has 0 unspecified atom stereocenters. The number of aryl methyl sites for hydroxylation is 1. The molecule has 0 saturated carbocycles. The Balaban J connectivity index is 1.46. The fourth-order valence-corrected chi connectivity index (χ4v) is 2.61. The molecular weight excluding hydrogens is 324 g/mol. The Labute approximate surface area is 153 Å². The van der Waals surface area contributed by atoms with Gasteiger partial charge in [0.1, 0.15) is 11.5 Å². The van der Waals surface area contributed by atoms with E-state index >= 15 is 0 Å². The monoisotopic (exact) mass is 346 g/mol. The molecule has 3 aromatic rings. The van der Waals surface area contributed by atoms with E-state index in [0.29, 0.717) is 6.54 Å². The Bertz CT molecular complexity index is 846. The van der Waals surface area contributed by atoms with E-state index in [1.165, 1.54) is 11.1 Å². The minimum atomic E-state index is -0.213. The van der Waals surface area contributed by atoms with Crippen molar-refractivity contribution in [2.24, 2.45) is 0 Å². The van der Waals surface area contributed by atoms with E-state index in [1.54, 1.807) is 0 Å². The first-order valence-electron chi connectivity index (χ1n) is 8.63. The number of carbonyl (C=O) groups excluding carboxylic acids is 1. The van der Waals surface area contributed by atoms with Gasteiger partial charge in [-0.25, -0.2) is 4.79 Å². The summed E-state index contributed by atoms with van der Waals surface area (Å²) >= 11 is 0. The van der Waals surface area contributed by atoms with Crippen molar-refractivity contribution in [1.82, 2.24) is 5.32 Å². The van der Waals surface area contributed by atoms with Crippen molar-refractivity contribution in [3.8, 4) is 11.5 Å². The number of rotatable bonds is 6. The van der Waals surface area contributed by atoms with Crippen LogP contribution in [-0.2, 0) is 6.42 Å². The lowest BCUT2D eigenvalue weighted by atomic mass is 10.1. The average Bonchev–Trinajstić information content (AvgIpc) is 2.66. The van der Waals surface area contributed by atoms with Gasteiger partial charge in [-0.15, -0.1) is 0 Å². The molecule has 4 heteroatoms. The third-order valence-corrected chi connectivity index (χ3v) is 4.03. The summed E-state index contributed by atoms with van der Waals surface area (Å²) in [4.78, 5) is 12.0. The van der Waals surface area contributed by atoms with Crippen LogP contribution in [0.5, 0.6) is 11.5 Å². The maximum absolute atomic E-state index is 12.0. The summed E-state index contributed by atoms with van der Waals surface area (Å²) in [6, 6.07) is 24.9. The first-order chi connectivity index (χ1) is 12.7. The third kappa shape index (κ3) is 5.11. The fraction of sp³-hybridized carbons (Fsp3) is 0.136. The Kier molecular flexibility index (Phi) is 5.88. The lowest BCUT2D eigenvalue weighted by molar-refractivity contribution is 0.252. The third-order valence-electron chi connectivity index (χ3n) is 4.03. The van der Waals surface area contributed by atoms with Gasteiger partial charge in [0.15, 0.2) is 0 Å². The van der Waals surface area contributed by atoms with E-state index in [1.807, 2.05) is 66.7 Å². The predicted octanol–water partition coefficient (Wildman–Crippen LogP) is 5.15. The Morgan fingerprint density at radius 3 is 2.23 bits per heavy atom. The molecule has 0 aliphatic carbocycles. The first-order valence-corrected chi connectivity index (χ1v) is 8.63. The maximum atomic E-state index is 12.0. The summed E-state index contributed by atoms with van der Waals surface area (Å²) in [6.07, 6.45) is 0.809. The van der Waals surface area contributed by atoms with Gasteiger partial charge in [-0.05, 0) is 60.9 Å². The van der Waals surface area contributed by atoms with Crippen molar-refractivity contribution in [1.29, 1.82) is 0 Å². The molecule has 4 nitrogen and oxygen atoms in total. The highest BCUT2D eigenvalue weighted by atomic mass is 16.5. The largest absolute Gasteiger partial charge is 0.457 e. The van der Waals surface area contributed by atoms with Gasteiger partial charge in [0.05, 0.1) is 0 Å². The molecule has 0 radical (unpaired) electrons. The van der Waals surface area contributed by atoms with Crippen molar-refractivity contribution < 1.29 is 9.53 Å². The van der Waals surface area contributed by atoms with E-state index in [-0.39, 0.29) is 6.03 Å². The van der Waals surface area contributed by atoms with Gasteiger partial charge >= 0.3 is 6.03 Å². The predicted molar refractivity (Wildman–Crippen MR) is 105 cm³/mol. The summed E-state index contributed by atoms with van der Waals surface area (Å²) < 4.78 is 5.74. The molecule has 3 aromatic carbocycles. The number of amides is 2. The van der Waals surface area contributed by atoms with E-state index in [9.17, 15) is 4.79 Å². The van der Waals surface area contributed by atoms with Crippen molar-refractivity contribution in [3.05, 3.63) is 90.0 Å². The number of ether oxygens (including phenoxy) is 1. The molecule has 0 heterocycles. The molecule has 0 aliphatic heterocycles. The van der Waals surface area contributed by atoms with Crippen LogP contribution in [0, 0.1) is 6.92 Å². The molecule has 132 valence electrons. The van der Waals surface area contributed by atoms with Crippen LogP contribution in [0.25, 0.3) is 0 Å². The van der Waals surface area contributed by atoms with E-state index < -0.39 is 0 Å². The van der Waals surface area contributed by atoms with Crippen LogP contribution in [0.3, 0.4) is 0 Å². The van der Waals surface area contributed by atoms with Gasteiger partial charge in [0.25, 0.3) is 0 Å². The first kappa shape index (κ1) is 17.5. The lowest BCUT2D eigenvalue weighted by Crippen LogP contribution is -2.30. The van der Waals surface area contributed by atoms with Gasteiger partial charge in [-0.1, -0.05) is 42.5 Å². The highest BCUT2D eigenvalue weighted by molar-refractivity contribution is 5.89. The van der Waals surface area contributed by atoms with Crippen LogP contribution in [0.15, 0.2) is 78.9 Å². The Hall–Kier alpha value is -3.27. The topological polar surface area (TPSA) is 50.4 Å². The minimum Gasteiger partial charge on any atom is -0.457 e. The zero-order valence-corrected chi connectivity index (χ0v) is 14.7. The summed E-state index contributed by atoms with van der Waals surface area (Å²) in [5, 5.41) is 5.71. The second-order valence-electron chi connectivity index (χ2n) is 6.00. The Morgan fingerprint density at radius 1 is 0.846 bits per heavy atom. The van der Waals surface area contributed by atoms with Gasteiger partial charge in [0.2, 0.25) is 0 Å². The van der Waals surface area contributed by atoms with Gasteiger partial charge < -0.3 is 15.4 Å². The minimum absolute atomic E-state index is 0.213. The SMILES string of the molecule is Cc1ccccc1CCNC(=O)Nc1ccc(Oc2ccccc2)cc1. The molecule has 0 aliphatic rings. The normalized spacial score (nSPS) is 10.2.